The van der Waals surface area contributed by atoms with E-state index in [1.807, 2.05) is 0 Å². The highest BCUT2D eigenvalue weighted by molar-refractivity contribution is 9.10. The Morgan fingerprint density at radius 3 is 2.80 bits per heavy atom. The van der Waals surface area contributed by atoms with Crippen LogP contribution in [0.25, 0.3) is 0 Å². The number of hydrogen-bond acceptors (Lipinski definition) is 4. The largest absolute Gasteiger partial charge is 0.381 e. The van der Waals surface area contributed by atoms with Crippen molar-refractivity contribution in [2.75, 3.05) is 19.8 Å². The van der Waals surface area contributed by atoms with Crippen molar-refractivity contribution in [3.63, 3.8) is 0 Å². The molecule has 108 valence electrons. The van der Waals surface area contributed by atoms with Gasteiger partial charge in [0.15, 0.2) is 0 Å². The highest BCUT2D eigenvalue weighted by Crippen LogP contribution is 2.25. The van der Waals surface area contributed by atoms with Crippen LogP contribution in [0.15, 0.2) is 22.7 Å². The fourth-order valence-electron chi connectivity index (χ4n) is 2.08. The predicted octanol–water partition coefficient (Wildman–Crippen LogP) is 2.51. The Labute approximate surface area is 124 Å². The molecule has 0 unspecified atom stereocenters. The number of nitrogens with zero attached hydrogens (tertiary/aromatic N) is 1. The van der Waals surface area contributed by atoms with Crippen molar-refractivity contribution in [1.29, 1.82) is 0 Å². The molecule has 7 heteroatoms. The van der Waals surface area contributed by atoms with Gasteiger partial charge in [-0.2, -0.15) is 0 Å². The van der Waals surface area contributed by atoms with Gasteiger partial charge in [-0.15, -0.1) is 0 Å². The standard InChI is InChI=1S/C13H15BrN2O4/c14-11-2-1-10(7-12(11)16(18)19)13(17)15-8-9-3-5-20-6-4-9/h1-2,7,9H,3-6,8H2,(H,15,17). The number of hydrogen-bond donors (Lipinski definition) is 1. The van der Waals surface area contributed by atoms with Crippen LogP contribution in [0.2, 0.25) is 0 Å². The third kappa shape index (κ3) is 3.77. The molecule has 1 heterocycles. The lowest BCUT2D eigenvalue weighted by molar-refractivity contribution is -0.385. The number of carbonyl (C=O) groups is 1. The molecule has 0 atom stereocenters. The molecule has 1 aliphatic rings. The number of rotatable bonds is 4. The third-order valence-electron chi connectivity index (χ3n) is 3.30. The summed E-state index contributed by atoms with van der Waals surface area (Å²) in [4.78, 5) is 22.3. The van der Waals surface area contributed by atoms with Crippen LogP contribution in [0.5, 0.6) is 0 Å². The van der Waals surface area contributed by atoms with E-state index in [1.54, 1.807) is 6.07 Å². The molecular formula is C13H15BrN2O4. The van der Waals surface area contributed by atoms with Gasteiger partial charge in [0.05, 0.1) is 9.40 Å². The Kier molecular flexibility index (Phi) is 5.08. The minimum absolute atomic E-state index is 0.108. The first kappa shape index (κ1) is 14.9. The van der Waals surface area contributed by atoms with Crippen LogP contribution in [-0.2, 0) is 4.74 Å². The maximum atomic E-state index is 12.0. The van der Waals surface area contributed by atoms with Crippen LogP contribution >= 0.6 is 15.9 Å². The van der Waals surface area contributed by atoms with Gasteiger partial charge in [0, 0.05) is 31.4 Å². The van der Waals surface area contributed by atoms with Gasteiger partial charge >= 0.3 is 0 Å². The molecule has 0 aromatic heterocycles. The Bertz CT molecular complexity index is 515. The lowest BCUT2D eigenvalue weighted by Gasteiger charge is -2.22. The fraction of sp³-hybridized carbons (Fsp3) is 0.462. The molecule has 1 aromatic rings. The summed E-state index contributed by atoms with van der Waals surface area (Å²) in [5.41, 5.74) is 0.190. The average Bonchev–Trinajstić information content (AvgIpc) is 2.46. The first-order valence-electron chi connectivity index (χ1n) is 6.38. The van der Waals surface area contributed by atoms with Crippen molar-refractivity contribution in [3.8, 4) is 0 Å². The Morgan fingerprint density at radius 2 is 2.15 bits per heavy atom. The van der Waals surface area contributed by atoms with Gasteiger partial charge < -0.3 is 10.1 Å². The Morgan fingerprint density at radius 1 is 1.45 bits per heavy atom. The molecule has 1 saturated heterocycles. The van der Waals surface area contributed by atoms with Gasteiger partial charge in [-0.25, -0.2) is 0 Å². The summed E-state index contributed by atoms with van der Waals surface area (Å²) in [7, 11) is 0. The van der Waals surface area contributed by atoms with Gasteiger partial charge in [-0.3, -0.25) is 14.9 Å². The molecule has 1 aliphatic heterocycles. The zero-order valence-electron chi connectivity index (χ0n) is 10.8. The van der Waals surface area contributed by atoms with Gasteiger partial charge in [-0.1, -0.05) is 0 Å². The maximum Gasteiger partial charge on any atom is 0.284 e. The van der Waals surface area contributed by atoms with E-state index < -0.39 is 4.92 Å². The highest BCUT2D eigenvalue weighted by atomic mass is 79.9. The van der Waals surface area contributed by atoms with E-state index in [9.17, 15) is 14.9 Å². The number of carbonyl (C=O) groups excluding carboxylic acids is 1. The molecule has 2 rings (SSSR count). The second-order valence-corrected chi connectivity index (χ2v) is 5.54. The van der Waals surface area contributed by atoms with Crippen molar-refractivity contribution in [3.05, 3.63) is 38.3 Å². The fourth-order valence-corrected chi connectivity index (χ4v) is 2.47. The first-order valence-corrected chi connectivity index (χ1v) is 7.17. The summed E-state index contributed by atoms with van der Waals surface area (Å²) in [5.74, 6) is 0.130. The quantitative estimate of drug-likeness (QED) is 0.673. The molecule has 0 bridgehead atoms. The normalized spacial score (nSPS) is 15.8. The smallest absolute Gasteiger partial charge is 0.284 e. The van der Waals surface area contributed by atoms with Crippen molar-refractivity contribution in [2.45, 2.75) is 12.8 Å². The van der Waals surface area contributed by atoms with Gasteiger partial charge in [0.2, 0.25) is 0 Å². The summed E-state index contributed by atoms with van der Waals surface area (Å²) in [6, 6.07) is 4.36. The molecule has 20 heavy (non-hydrogen) atoms. The topological polar surface area (TPSA) is 81.5 Å². The molecule has 0 saturated carbocycles. The van der Waals surface area contributed by atoms with Crippen LogP contribution in [-0.4, -0.2) is 30.6 Å². The van der Waals surface area contributed by atoms with E-state index in [0.29, 0.717) is 22.5 Å². The second kappa shape index (κ2) is 6.81. The second-order valence-electron chi connectivity index (χ2n) is 4.69. The molecule has 0 spiro atoms. The van der Waals surface area contributed by atoms with Crippen molar-refractivity contribution >= 4 is 27.5 Å². The van der Waals surface area contributed by atoms with E-state index in [2.05, 4.69) is 21.2 Å². The highest BCUT2D eigenvalue weighted by Gasteiger charge is 2.18. The molecule has 1 N–H and O–H groups in total. The van der Waals surface area contributed by atoms with Crippen molar-refractivity contribution in [1.82, 2.24) is 5.32 Å². The summed E-state index contributed by atoms with van der Waals surface area (Å²) >= 11 is 3.09. The summed E-state index contributed by atoms with van der Waals surface area (Å²) in [6.45, 7) is 2.03. The molecule has 1 aromatic carbocycles. The number of nitrogens with one attached hydrogen (secondary N) is 1. The number of ether oxygens (including phenoxy) is 1. The number of nitro groups is 1. The van der Waals surface area contributed by atoms with Crippen molar-refractivity contribution < 1.29 is 14.5 Å². The van der Waals surface area contributed by atoms with E-state index in [4.69, 9.17) is 4.74 Å². The third-order valence-corrected chi connectivity index (χ3v) is 3.97. The average molecular weight is 343 g/mol. The molecular weight excluding hydrogens is 328 g/mol. The monoisotopic (exact) mass is 342 g/mol. The number of benzene rings is 1. The van der Waals surface area contributed by atoms with E-state index in [-0.39, 0.29) is 11.6 Å². The predicted molar refractivity (Wildman–Crippen MR) is 76.7 cm³/mol. The summed E-state index contributed by atoms with van der Waals surface area (Å²) in [6.07, 6.45) is 1.86. The van der Waals surface area contributed by atoms with Crippen LogP contribution < -0.4 is 5.32 Å². The maximum absolute atomic E-state index is 12.0. The van der Waals surface area contributed by atoms with Crippen molar-refractivity contribution in [2.24, 2.45) is 5.92 Å². The van der Waals surface area contributed by atoms with Crippen LogP contribution in [0, 0.1) is 16.0 Å². The Hall–Kier alpha value is -1.47. The minimum atomic E-state index is -0.515. The van der Waals surface area contributed by atoms with Crippen LogP contribution in [0.1, 0.15) is 23.2 Å². The molecule has 1 fully saturated rings. The number of halogens is 1. The minimum Gasteiger partial charge on any atom is -0.381 e. The number of amides is 1. The lowest BCUT2D eigenvalue weighted by Crippen LogP contribution is -2.32. The Balaban J connectivity index is 1.98. The number of nitro benzene ring substituents is 1. The molecule has 0 aliphatic carbocycles. The summed E-state index contributed by atoms with van der Waals surface area (Å²) < 4.78 is 5.62. The zero-order valence-corrected chi connectivity index (χ0v) is 12.4. The van der Waals surface area contributed by atoms with Crippen LogP contribution in [0.4, 0.5) is 5.69 Å². The van der Waals surface area contributed by atoms with E-state index >= 15 is 0 Å². The SMILES string of the molecule is O=C(NCC1CCOCC1)c1ccc(Br)c([N+](=O)[O-])c1. The van der Waals surface area contributed by atoms with E-state index in [1.165, 1.54) is 12.1 Å². The zero-order chi connectivity index (χ0) is 14.5. The molecule has 1 amide bonds. The first-order chi connectivity index (χ1) is 9.58. The molecule has 6 nitrogen and oxygen atoms in total. The van der Waals surface area contributed by atoms with Gasteiger partial charge in [-0.05, 0) is 46.8 Å². The lowest BCUT2D eigenvalue weighted by atomic mass is 10.0. The van der Waals surface area contributed by atoms with Gasteiger partial charge in [0.1, 0.15) is 0 Å². The molecule has 0 radical (unpaired) electrons. The van der Waals surface area contributed by atoms with E-state index in [0.717, 1.165) is 26.1 Å². The summed E-state index contributed by atoms with van der Waals surface area (Å²) in [5, 5.41) is 13.7. The van der Waals surface area contributed by atoms with Gasteiger partial charge in [0.25, 0.3) is 11.6 Å². The van der Waals surface area contributed by atoms with Crippen LogP contribution in [0.3, 0.4) is 0 Å².